The van der Waals surface area contributed by atoms with E-state index < -0.39 is 33.5 Å². The number of halogens is 1. The fourth-order valence-corrected chi connectivity index (χ4v) is 16.6. The molecule has 0 unspecified atom stereocenters. The Bertz CT molecular complexity index is 1690. The summed E-state index contributed by atoms with van der Waals surface area (Å²) in [6.07, 6.45) is 20.8. The SMILES string of the molecule is C=C(C)[C@@H]1CC[C@]2(NCCC3(O)CCC(S(C)(=O)=O)CC3)CC[C@]3(C)[C@H](CC[C@@H]4[C@@]5(C)CC=C(C6=CC[C@@](CF)(C(=O)O)CC6)C(C)(C)[C@@H]5CC[C@]43C)[C@@H]12. The van der Waals surface area contributed by atoms with E-state index in [1.165, 1.54) is 61.5 Å². The average molecular weight is 770 g/mol. The molecule has 7 aliphatic rings. The van der Waals surface area contributed by atoms with Gasteiger partial charge >= 0.3 is 5.97 Å². The number of allylic oxidation sites excluding steroid dienone is 5. The van der Waals surface area contributed by atoms with E-state index in [-0.39, 0.29) is 38.9 Å². The first-order chi connectivity index (χ1) is 25.1. The number of hydrogen-bond acceptors (Lipinski definition) is 5. The normalized spacial score (nSPS) is 47.3. The van der Waals surface area contributed by atoms with Gasteiger partial charge in [-0.15, -0.1) is 0 Å². The summed E-state index contributed by atoms with van der Waals surface area (Å²) in [5, 5.41) is 25.2. The zero-order valence-corrected chi connectivity index (χ0v) is 35.5. The van der Waals surface area contributed by atoms with Gasteiger partial charge in [-0.3, -0.25) is 4.79 Å². The second-order valence-electron chi connectivity index (χ2n) is 21.5. The van der Waals surface area contributed by atoms with Crippen LogP contribution in [0, 0.1) is 56.7 Å². The number of carboxylic acids is 1. The predicted molar refractivity (Wildman–Crippen MR) is 215 cm³/mol. The highest BCUT2D eigenvalue weighted by Gasteiger charge is 2.70. The number of carboxylic acid groups (broad SMARTS) is 1. The second-order valence-corrected chi connectivity index (χ2v) is 23.8. The lowest BCUT2D eigenvalue weighted by Gasteiger charge is -2.72. The first kappa shape index (κ1) is 40.7. The summed E-state index contributed by atoms with van der Waals surface area (Å²) < 4.78 is 38.4. The molecule has 54 heavy (non-hydrogen) atoms. The molecule has 8 heteroatoms. The highest BCUT2D eigenvalue weighted by Crippen LogP contribution is 2.76. The Kier molecular flexibility index (Phi) is 10.2. The minimum atomic E-state index is -3.07. The summed E-state index contributed by atoms with van der Waals surface area (Å²) in [4.78, 5) is 12.0. The Morgan fingerprint density at radius 1 is 0.889 bits per heavy atom. The maximum absolute atomic E-state index is 14.0. The van der Waals surface area contributed by atoms with Gasteiger partial charge in [0, 0.05) is 11.8 Å². The van der Waals surface area contributed by atoms with Crippen molar-refractivity contribution in [3.63, 3.8) is 0 Å². The molecule has 7 aliphatic carbocycles. The first-order valence-electron chi connectivity index (χ1n) is 21.6. The summed E-state index contributed by atoms with van der Waals surface area (Å²) in [6, 6.07) is 0. The van der Waals surface area contributed by atoms with Crippen molar-refractivity contribution in [2.45, 2.75) is 167 Å². The molecule has 0 amide bonds. The third-order valence-electron chi connectivity index (χ3n) is 18.8. The Morgan fingerprint density at radius 2 is 1.59 bits per heavy atom. The van der Waals surface area contributed by atoms with Gasteiger partial charge in [-0.05, 0) is 185 Å². The van der Waals surface area contributed by atoms with Crippen LogP contribution in [-0.4, -0.2) is 60.5 Å². The van der Waals surface area contributed by atoms with E-state index in [0.717, 1.165) is 25.8 Å². The molecule has 0 aromatic heterocycles. The van der Waals surface area contributed by atoms with Gasteiger partial charge in [0.05, 0.1) is 16.3 Å². The van der Waals surface area contributed by atoms with Gasteiger partial charge in [0.15, 0.2) is 0 Å². The number of nitrogens with one attached hydrogen (secondary N) is 1. The first-order valence-corrected chi connectivity index (χ1v) is 23.6. The molecule has 5 fully saturated rings. The van der Waals surface area contributed by atoms with Gasteiger partial charge in [-0.25, -0.2) is 12.8 Å². The van der Waals surface area contributed by atoms with Crippen LogP contribution in [0.3, 0.4) is 0 Å². The third kappa shape index (κ3) is 6.09. The van der Waals surface area contributed by atoms with Crippen molar-refractivity contribution in [1.29, 1.82) is 0 Å². The van der Waals surface area contributed by atoms with Gasteiger partial charge in [0.25, 0.3) is 0 Å². The molecule has 0 heterocycles. The highest BCUT2D eigenvalue weighted by atomic mass is 32.2. The van der Waals surface area contributed by atoms with Crippen LogP contribution < -0.4 is 5.32 Å². The molecule has 0 aromatic carbocycles. The smallest absolute Gasteiger partial charge is 0.312 e. The molecule has 5 saturated carbocycles. The van der Waals surface area contributed by atoms with E-state index in [4.69, 9.17) is 0 Å². The van der Waals surface area contributed by atoms with Crippen molar-refractivity contribution in [2.24, 2.45) is 56.7 Å². The van der Waals surface area contributed by atoms with Crippen LogP contribution in [0.15, 0.2) is 35.5 Å². The number of alkyl halides is 1. The van der Waals surface area contributed by atoms with Crippen LogP contribution in [0.25, 0.3) is 0 Å². The fraction of sp³-hybridized carbons (Fsp3) is 0.848. The quantitative estimate of drug-likeness (QED) is 0.202. The lowest BCUT2D eigenvalue weighted by molar-refractivity contribution is -0.221. The van der Waals surface area contributed by atoms with E-state index in [1.54, 1.807) is 0 Å². The molecule has 6 nitrogen and oxygen atoms in total. The van der Waals surface area contributed by atoms with E-state index in [2.05, 4.69) is 65.6 Å². The zero-order chi connectivity index (χ0) is 39.3. The van der Waals surface area contributed by atoms with Gasteiger partial charge in [0.2, 0.25) is 0 Å². The molecule has 0 spiro atoms. The maximum atomic E-state index is 14.0. The van der Waals surface area contributed by atoms with Crippen molar-refractivity contribution in [3.8, 4) is 0 Å². The van der Waals surface area contributed by atoms with Gasteiger partial charge in [0.1, 0.15) is 16.5 Å². The molecule has 0 saturated heterocycles. The molecule has 0 radical (unpaired) electrons. The Balaban J connectivity index is 1.12. The number of fused-ring (bicyclic) bond motifs is 7. The van der Waals surface area contributed by atoms with Crippen LogP contribution in [-0.2, 0) is 14.6 Å². The van der Waals surface area contributed by atoms with E-state index in [0.29, 0.717) is 74.5 Å². The number of hydrogen-bond donors (Lipinski definition) is 3. The van der Waals surface area contributed by atoms with Crippen LogP contribution in [0.5, 0.6) is 0 Å². The van der Waals surface area contributed by atoms with E-state index >= 15 is 0 Å². The lowest BCUT2D eigenvalue weighted by atomic mass is 9.33. The molecule has 0 bridgehead atoms. The zero-order valence-electron chi connectivity index (χ0n) is 34.7. The maximum Gasteiger partial charge on any atom is 0.312 e. The number of rotatable bonds is 9. The van der Waals surface area contributed by atoms with Gasteiger partial charge in [-0.1, -0.05) is 58.9 Å². The molecular formula is C46H72FNO5S. The highest BCUT2D eigenvalue weighted by molar-refractivity contribution is 7.91. The fourth-order valence-electron chi connectivity index (χ4n) is 15.5. The summed E-state index contributed by atoms with van der Waals surface area (Å²) >= 11 is 0. The Morgan fingerprint density at radius 3 is 2.19 bits per heavy atom. The summed E-state index contributed by atoms with van der Waals surface area (Å²) in [5.74, 6) is 1.79. The molecule has 0 aliphatic heterocycles. The summed E-state index contributed by atoms with van der Waals surface area (Å²) in [7, 11) is -3.07. The van der Waals surface area contributed by atoms with Crippen LogP contribution in [0.4, 0.5) is 4.39 Å². The lowest BCUT2D eigenvalue weighted by Crippen LogP contribution is -2.68. The third-order valence-corrected chi connectivity index (χ3v) is 20.5. The monoisotopic (exact) mass is 770 g/mol. The standard InChI is InChI=1S/C46H72FNO5S/c1-30(2)33-15-24-46(48-28-27-45(51)22-13-32(14-23-45)54(8,52)53)26-25-42(6)35(38(33)46)9-10-37-41(5)18-16-34(40(3,4)36(41)17-19-43(37,42)7)31-11-20-44(29-47,21-12-31)39(49)50/h11,16,32-33,35-38,48,51H,1,9-10,12-15,17-29H2,2-8H3,(H,49,50)/t32?,33-,35+,36-,37+,38+,41-,42+,43+,44+,45?,46-/m0/s1. The molecule has 0 aromatic rings. The van der Waals surface area contributed by atoms with Gasteiger partial charge < -0.3 is 15.5 Å². The average Bonchev–Trinajstić information content (AvgIpc) is 3.48. The second kappa shape index (κ2) is 13.5. The molecule has 10 atom stereocenters. The minimum absolute atomic E-state index is 0.0346. The van der Waals surface area contributed by atoms with Crippen LogP contribution in [0.2, 0.25) is 0 Å². The van der Waals surface area contributed by atoms with Crippen LogP contribution >= 0.6 is 0 Å². The van der Waals surface area contributed by atoms with E-state index in [9.17, 15) is 27.8 Å². The molecule has 3 N–H and O–H groups in total. The molecule has 304 valence electrons. The molecule has 7 rings (SSSR count). The summed E-state index contributed by atoms with van der Waals surface area (Å²) in [5.41, 5.74) is 2.54. The number of carbonyl (C=O) groups is 1. The largest absolute Gasteiger partial charge is 0.481 e. The number of sulfone groups is 1. The number of aliphatic carboxylic acids is 1. The number of aliphatic hydroxyl groups is 1. The van der Waals surface area contributed by atoms with Crippen molar-refractivity contribution in [1.82, 2.24) is 5.32 Å². The van der Waals surface area contributed by atoms with Crippen molar-refractivity contribution in [2.75, 3.05) is 19.5 Å². The topological polar surface area (TPSA) is 104 Å². The van der Waals surface area contributed by atoms with Gasteiger partial charge in [-0.2, -0.15) is 0 Å². The Labute approximate surface area is 326 Å². The summed E-state index contributed by atoms with van der Waals surface area (Å²) in [6.45, 7) is 19.7. The van der Waals surface area contributed by atoms with Crippen molar-refractivity contribution in [3.05, 3.63) is 35.5 Å². The molecular weight excluding hydrogens is 698 g/mol. The van der Waals surface area contributed by atoms with E-state index in [1.807, 2.05) is 0 Å². The van der Waals surface area contributed by atoms with Crippen LogP contribution in [0.1, 0.15) is 151 Å². The Hall–Kier alpha value is -1.51. The minimum Gasteiger partial charge on any atom is -0.481 e. The van der Waals surface area contributed by atoms with Crippen molar-refractivity contribution >= 4 is 15.8 Å². The van der Waals surface area contributed by atoms with Crippen molar-refractivity contribution < 1.29 is 27.8 Å². The predicted octanol–water partition coefficient (Wildman–Crippen LogP) is 9.78.